The Labute approximate surface area is 169 Å². The van der Waals surface area contributed by atoms with Crippen molar-refractivity contribution in [1.29, 1.82) is 0 Å². The molecule has 2 aliphatic heterocycles. The quantitative estimate of drug-likeness (QED) is 0.205. The van der Waals surface area contributed by atoms with Gasteiger partial charge in [0.25, 0.3) is 11.8 Å². The van der Waals surface area contributed by atoms with Crippen molar-refractivity contribution >= 4 is 44.3 Å². The van der Waals surface area contributed by atoms with E-state index in [0.29, 0.717) is 0 Å². The summed E-state index contributed by atoms with van der Waals surface area (Å²) in [5.41, 5.74) is 5.42. The summed E-state index contributed by atoms with van der Waals surface area (Å²) in [6, 6.07) is -2.53. The zero-order chi connectivity index (χ0) is 21.6. The smallest absolute Gasteiger partial charge is 0.362 e. The second kappa shape index (κ2) is 7.49. The van der Waals surface area contributed by atoms with E-state index in [-0.39, 0.29) is 27.4 Å². The fourth-order valence-electron chi connectivity index (χ4n) is 3.05. The molecule has 4 N–H and O–H groups in total. The van der Waals surface area contributed by atoms with Gasteiger partial charge in [-0.3, -0.25) is 14.1 Å². The second-order valence-electron chi connectivity index (χ2n) is 6.61. The highest BCUT2D eigenvalue weighted by molar-refractivity contribution is 7.84. The van der Waals surface area contributed by atoms with Gasteiger partial charge in [-0.25, -0.2) is 9.29 Å². The minimum Gasteiger partial charge on any atom is -0.398 e. The van der Waals surface area contributed by atoms with E-state index in [1.165, 1.54) is 12.5 Å². The first kappa shape index (κ1) is 21.4. The maximum absolute atomic E-state index is 12.7. The third-order valence-electron chi connectivity index (χ3n) is 4.20. The molecule has 2 amide bonds. The van der Waals surface area contributed by atoms with Crippen LogP contribution in [0, 0.1) is 0 Å². The minimum atomic E-state index is -4.87. The van der Waals surface area contributed by atoms with Gasteiger partial charge < -0.3 is 25.4 Å². The molecule has 2 fully saturated rings. The van der Waals surface area contributed by atoms with Crippen LogP contribution in [-0.2, 0) is 34.2 Å². The van der Waals surface area contributed by atoms with Gasteiger partial charge in [-0.2, -0.15) is 8.42 Å². The minimum absolute atomic E-state index is 0.0506. The van der Waals surface area contributed by atoms with Crippen molar-refractivity contribution in [3.05, 3.63) is 11.1 Å². The molecule has 13 nitrogen and oxygen atoms in total. The number of hydrogen-bond acceptors (Lipinski definition) is 11. The van der Waals surface area contributed by atoms with Gasteiger partial charge in [0.05, 0.1) is 6.61 Å². The van der Waals surface area contributed by atoms with E-state index in [1.807, 2.05) is 0 Å². The van der Waals surface area contributed by atoms with Crippen molar-refractivity contribution < 1.29 is 36.9 Å². The number of rotatable bonds is 6. The van der Waals surface area contributed by atoms with E-state index in [0.717, 1.165) is 11.3 Å². The van der Waals surface area contributed by atoms with Crippen LogP contribution in [0.3, 0.4) is 0 Å². The highest BCUT2D eigenvalue weighted by atomic mass is 32.2. The van der Waals surface area contributed by atoms with Crippen molar-refractivity contribution in [3.8, 4) is 0 Å². The number of amides is 2. The van der Waals surface area contributed by atoms with Gasteiger partial charge in [0.15, 0.2) is 16.6 Å². The lowest BCUT2D eigenvalue weighted by Gasteiger charge is -2.46. The van der Waals surface area contributed by atoms with Gasteiger partial charge in [0.1, 0.15) is 31.0 Å². The number of anilines is 1. The standard InChI is InChI=1S/C14H19N5O8S2/c1-14(2)26-4-7(27-14)10-9(12(21)19(10)29(22,23)24)17-11(20)8(18-25-3)6-5-28-13(15)16-6/h5,7,9-10H,4H2,1-3H3,(H2,15,16)(H,17,20)(H,22,23,24)/b18-8-/t7?,9-,10+/m0/s1. The predicted molar refractivity (Wildman–Crippen MR) is 99.1 cm³/mol. The lowest BCUT2D eigenvalue weighted by Crippen LogP contribution is -2.75. The number of hydrogen-bond donors (Lipinski definition) is 3. The number of ether oxygens (including phenoxy) is 2. The van der Waals surface area contributed by atoms with Crippen molar-refractivity contribution in [2.45, 2.75) is 37.8 Å². The molecule has 0 saturated carbocycles. The maximum atomic E-state index is 12.7. The number of carbonyl (C=O) groups excluding carboxylic acids is 2. The first-order chi connectivity index (χ1) is 13.4. The molecule has 1 aromatic heterocycles. The summed E-state index contributed by atoms with van der Waals surface area (Å²) in [5, 5.41) is 7.64. The molecule has 0 bridgehead atoms. The average Bonchev–Trinajstić information content (AvgIpc) is 3.18. The Balaban J connectivity index is 1.85. The monoisotopic (exact) mass is 449 g/mol. The Morgan fingerprint density at radius 1 is 1.55 bits per heavy atom. The number of nitrogens with zero attached hydrogens (tertiary/aromatic N) is 3. The summed E-state index contributed by atoms with van der Waals surface area (Å²) < 4.78 is 43.9. The van der Waals surface area contributed by atoms with Crippen LogP contribution in [0.2, 0.25) is 0 Å². The average molecular weight is 449 g/mol. The van der Waals surface area contributed by atoms with E-state index in [4.69, 9.17) is 15.2 Å². The number of aromatic nitrogens is 1. The second-order valence-corrected chi connectivity index (χ2v) is 8.79. The van der Waals surface area contributed by atoms with Crippen LogP contribution in [0.15, 0.2) is 10.5 Å². The molecule has 3 heterocycles. The van der Waals surface area contributed by atoms with Gasteiger partial charge in [-0.05, 0) is 13.8 Å². The van der Waals surface area contributed by atoms with Crippen LogP contribution in [0.5, 0.6) is 0 Å². The molecule has 160 valence electrons. The predicted octanol–water partition coefficient (Wildman–Crippen LogP) is -1.27. The summed E-state index contributed by atoms with van der Waals surface area (Å²) in [6.45, 7) is 3.16. The Morgan fingerprint density at radius 3 is 2.72 bits per heavy atom. The van der Waals surface area contributed by atoms with Gasteiger partial charge >= 0.3 is 10.3 Å². The topological polar surface area (TPSA) is 183 Å². The highest BCUT2D eigenvalue weighted by Crippen LogP contribution is 2.34. The van der Waals surface area contributed by atoms with Crippen LogP contribution in [0.25, 0.3) is 0 Å². The molecule has 0 aromatic carbocycles. The maximum Gasteiger partial charge on any atom is 0.362 e. The third-order valence-corrected chi connectivity index (χ3v) is 5.80. The fourth-order valence-corrected chi connectivity index (χ4v) is 4.50. The molecule has 0 spiro atoms. The SMILES string of the molecule is CO/N=C(\C(=O)N[C@@H]1C(=O)N(S(=O)(=O)O)[C@@H]1C1COC(C)(C)O1)c1csc(N)n1. The lowest BCUT2D eigenvalue weighted by molar-refractivity contribution is -0.165. The summed E-state index contributed by atoms with van der Waals surface area (Å²) in [4.78, 5) is 33.6. The van der Waals surface area contributed by atoms with Gasteiger partial charge in [-0.1, -0.05) is 5.16 Å². The molecule has 3 rings (SSSR count). The molecule has 1 aromatic rings. The molecule has 3 atom stereocenters. The van der Waals surface area contributed by atoms with E-state index in [9.17, 15) is 22.6 Å². The molecule has 2 saturated heterocycles. The van der Waals surface area contributed by atoms with Gasteiger partial charge in [0.2, 0.25) is 0 Å². The van der Waals surface area contributed by atoms with Crippen molar-refractivity contribution in [3.63, 3.8) is 0 Å². The van der Waals surface area contributed by atoms with Crippen LogP contribution in [-0.4, -0.2) is 77.5 Å². The summed E-state index contributed by atoms with van der Waals surface area (Å²) in [5.74, 6) is -2.91. The number of carbonyl (C=O) groups is 2. The number of nitrogens with one attached hydrogen (secondary N) is 1. The van der Waals surface area contributed by atoms with Crippen molar-refractivity contribution in [2.24, 2.45) is 5.16 Å². The molecular formula is C14H19N5O8S2. The molecule has 1 unspecified atom stereocenters. The zero-order valence-corrected chi connectivity index (χ0v) is 17.2. The van der Waals surface area contributed by atoms with Gasteiger partial charge in [-0.15, -0.1) is 11.3 Å². The van der Waals surface area contributed by atoms with Crippen LogP contribution >= 0.6 is 11.3 Å². The Kier molecular flexibility index (Phi) is 5.52. The van der Waals surface area contributed by atoms with E-state index in [1.54, 1.807) is 13.8 Å². The first-order valence-corrected chi connectivity index (χ1v) is 10.5. The fraction of sp³-hybridized carbons (Fsp3) is 0.571. The summed E-state index contributed by atoms with van der Waals surface area (Å²) in [7, 11) is -3.66. The molecule has 2 aliphatic rings. The van der Waals surface area contributed by atoms with Gasteiger partial charge in [0, 0.05) is 5.38 Å². The first-order valence-electron chi connectivity index (χ1n) is 8.20. The van der Waals surface area contributed by atoms with Crippen LogP contribution < -0.4 is 11.1 Å². The molecular weight excluding hydrogens is 430 g/mol. The van der Waals surface area contributed by atoms with E-state index >= 15 is 0 Å². The van der Waals surface area contributed by atoms with E-state index in [2.05, 4.69) is 20.3 Å². The summed E-state index contributed by atoms with van der Waals surface area (Å²) >= 11 is 1.07. The number of oxime groups is 1. The molecule has 29 heavy (non-hydrogen) atoms. The number of thiazole rings is 1. The number of nitrogen functional groups attached to an aromatic ring is 1. The summed E-state index contributed by atoms with van der Waals surface area (Å²) in [6.07, 6.45) is -0.910. The van der Waals surface area contributed by atoms with Crippen molar-refractivity contribution in [2.75, 3.05) is 19.5 Å². The third kappa shape index (κ3) is 4.18. The van der Waals surface area contributed by atoms with Crippen LogP contribution in [0.4, 0.5) is 5.13 Å². The Bertz CT molecular complexity index is 959. The normalized spacial score (nSPS) is 26.9. The molecule has 0 aliphatic carbocycles. The van der Waals surface area contributed by atoms with Crippen molar-refractivity contribution in [1.82, 2.24) is 14.6 Å². The largest absolute Gasteiger partial charge is 0.398 e. The van der Waals surface area contributed by atoms with Crippen LogP contribution in [0.1, 0.15) is 19.5 Å². The lowest BCUT2D eigenvalue weighted by atomic mass is 9.93. The molecule has 0 radical (unpaired) electrons. The Morgan fingerprint density at radius 2 is 2.24 bits per heavy atom. The Hall–Kier alpha value is -2.33. The van der Waals surface area contributed by atoms with E-state index < -0.39 is 46.1 Å². The molecule has 15 heteroatoms. The highest BCUT2D eigenvalue weighted by Gasteiger charge is 2.60. The zero-order valence-electron chi connectivity index (χ0n) is 15.6. The number of β-lactam (4-membered cyclic amide) rings is 1. The number of nitrogens with two attached hydrogens (primary N) is 1.